The van der Waals surface area contributed by atoms with E-state index in [1.807, 2.05) is 6.92 Å². The fourth-order valence-electron chi connectivity index (χ4n) is 2.72. The number of nitrogens with zero attached hydrogens (tertiary/aromatic N) is 1. The smallest absolute Gasteiger partial charge is 0.0543 e. The molecule has 1 aliphatic rings. The molecule has 1 atom stereocenters. The fourth-order valence-corrected chi connectivity index (χ4v) is 2.72. The molecule has 106 valence electrons. The quantitative estimate of drug-likeness (QED) is 0.842. The Morgan fingerprint density at radius 2 is 2.00 bits per heavy atom. The Labute approximate surface area is 117 Å². The first-order valence-electron chi connectivity index (χ1n) is 7.04. The molecular weight excluding hydrogens is 234 g/mol. The van der Waals surface area contributed by atoms with Gasteiger partial charge in [-0.2, -0.15) is 0 Å². The number of aliphatic hydroxyl groups is 1. The number of rotatable bonds is 4. The molecule has 0 saturated carbocycles. The van der Waals surface area contributed by atoms with E-state index in [1.165, 1.54) is 11.1 Å². The lowest BCUT2D eigenvalue weighted by Crippen LogP contribution is -2.49. The average Bonchev–Trinajstić information content (AvgIpc) is 2.37. The molecule has 1 N–H and O–H groups in total. The van der Waals surface area contributed by atoms with Crippen molar-refractivity contribution >= 4 is 0 Å². The molecule has 0 saturated heterocycles. The summed E-state index contributed by atoms with van der Waals surface area (Å²) in [6.45, 7) is 5.34. The van der Waals surface area contributed by atoms with Crippen LogP contribution in [0.15, 0.2) is 36.4 Å². The molecule has 1 aromatic rings. The number of benzene rings is 1. The molecule has 0 amide bonds. The number of hydrogen-bond donors (Lipinski definition) is 1. The summed E-state index contributed by atoms with van der Waals surface area (Å²) in [4.78, 5) is 2.14. The van der Waals surface area contributed by atoms with Crippen molar-refractivity contribution in [1.29, 1.82) is 0 Å². The first-order chi connectivity index (χ1) is 9.09. The summed E-state index contributed by atoms with van der Waals surface area (Å²) >= 11 is 0. The van der Waals surface area contributed by atoms with Crippen molar-refractivity contribution < 1.29 is 5.11 Å². The molecule has 1 unspecified atom stereocenters. The zero-order valence-electron chi connectivity index (χ0n) is 12.7. The highest BCUT2D eigenvalue weighted by Gasteiger charge is 2.41. The van der Waals surface area contributed by atoms with Crippen molar-refractivity contribution in [2.45, 2.75) is 32.1 Å². The Bertz CT molecular complexity index is 411. The monoisotopic (exact) mass is 261 g/mol. The molecule has 2 nitrogen and oxygen atoms in total. The highest BCUT2D eigenvalue weighted by atomic mass is 16.3. The molecule has 1 aliphatic carbocycles. The van der Waals surface area contributed by atoms with Gasteiger partial charge in [-0.05, 0) is 45.0 Å². The van der Waals surface area contributed by atoms with Crippen LogP contribution in [-0.2, 0) is 11.8 Å². The van der Waals surface area contributed by atoms with Gasteiger partial charge in [-0.3, -0.25) is 0 Å². The third kappa shape index (κ3) is 3.92. The number of allylic oxidation sites excluding steroid dienone is 2. The SMILES string of the molecule is C/C=C\CC.CN(C)CC1(CO)Cc2ccccc21. The van der Waals surface area contributed by atoms with Crippen LogP contribution in [0.2, 0.25) is 0 Å². The summed E-state index contributed by atoms with van der Waals surface area (Å²) < 4.78 is 0. The summed E-state index contributed by atoms with van der Waals surface area (Å²) in [5.41, 5.74) is 2.72. The van der Waals surface area contributed by atoms with E-state index in [0.717, 1.165) is 19.4 Å². The predicted molar refractivity (Wildman–Crippen MR) is 82.6 cm³/mol. The molecule has 1 aromatic carbocycles. The second kappa shape index (κ2) is 7.46. The lowest BCUT2D eigenvalue weighted by molar-refractivity contribution is 0.138. The van der Waals surface area contributed by atoms with Crippen LogP contribution >= 0.6 is 0 Å². The number of hydrogen-bond acceptors (Lipinski definition) is 2. The van der Waals surface area contributed by atoms with Gasteiger partial charge in [-0.25, -0.2) is 0 Å². The maximum atomic E-state index is 9.51. The van der Waals surface area contributed by atoms with Crippen LogP contribution in [0, 0.1) is 0 Å². The average molecular weight is 261 g/mol. The van der Waals surface area contributed by atoms with E-state index >= 15 is 0 Å². The summed E-state index contributed by atoms with van der Waals surface area (Å²) in [7, 11) is 4.11. The third-order valence-corrected chi connectivity index (χ3v) is 3.51. The van der Waals surface area contributed by atoms with Crippen LogP contribution in [0.1, 0.15) is 31.4 Å². The second-order valence-electron chi connectivity index (χ2n) is 5.49. The fraction of sp³-hybridized carbons (Fsp3) is 0.529. The predicted octanol–water partition coefficient (Wildman–Crippen LogP) is 3.01. The van der Waals surface area contributed by atoms with Crippen molar-refractivity contribution in [3.05, 3.63) is 47.5 Å². The largest absolute Gasteiger partial charge is 0.395 e. The van der Waals surface area contributed by atoms with Gasteiger partial charge in [0.1, 0.15) is 0 Å². The molecule has 0 fully saturated rings. The van der Waals surface area contributed by atoms with Gasteiger partial charge in [0.05, 0.1) is 6.61 Å². The molecular formula is C17H27NO. The Morgan fingerprint density at radius 3 is 2.42 bits per heavy atom. The zero-order chi connectivity index (χ0) is 14.3. The van der Waals surface area contributed by atoms with Gasteiger partial charge in [-0.15, -0.1) is 0 Å². The van der Waals surface area contributed by atoms with Gasteiger partial charge in [0.25, 0.3) is 0 Å². The first kappa shape index (κ1) is 15.9. The van der Waals surface area contributed by atoms with Gasteiger partial charge in [0.2, 0.25) is 0 Å². The Balaban J connectivity index is 0.000000312. The molecule has 2 heteroatoms. The normalized spacial score (nSPS) is 20.7. The maximum Gasteiger partial charge on any atom is 0.0543 e. The summed E-state index contributed by atoms with van der Waals surface area (Å²) in [6.07, 6.45) is 6.36. The summed E-state index contributed by atoms with van der Waals surface area (Å²) in [5, 5.41) is 9.51. The van der Waals surface area contributed by atoms with Crippen molar-refractivity contribution in [1.82, 2.24) is 4.90 Å². The van der Waals surface area contributed by atoms with Crippen molar-refractivity contribution in [2.75, 3.05) is 27.2 Å². The van der Waals surface area contributed by atoms with Gasteiger partial charge >= 0.3 is 0 Å². The van der Waals surface area contributed by atoms with Crippen molar-refractivity contribution in [3.63, 3.8) is 0 Å². The van der Waals surface area contributed by atoms with Crippen molar-refractivity contribution in [2.24, 2.45) is 0 Å². The first-order valence-corrected chi connectivity index (χ1v) is 7.04. The minimum absolute atomic E-state index is 0.0000926. The Kier molecular flexibility index (Phi) is 6.26. The van der Waals surface area contributed by atoms with E-state index in [0.29, 0.717) is 0 Å². The molecule has 19 heavy (non-hydrogen) atoms. The summed E-state index contributed by atoms with van der Waals surface area (Å²) in [5.74, 6) is 0. The molecule has 0 heterocycles. The lowest BCUT2D eigenvalue weighted by Gasteiger charge is -2.44. The van der Waals surface area contributed by atoms with Gasteiger partial charge in [0.15, 0.2) is 0 Å². The highest BCUT2D eigenvalue weighted by Crippen LogP contribution is 2.40. The number of likely N-dealkylation sites (N-methyl/N-ethyl adjacent to an activating group) is 1. The van der Waals surface area contributed by atoms with Crippen LogP contribution < -0.4 is 0 Å². The third-order valence-electron chi connectivity index (χ3n) is 3.51. The molecule has 0 aromatic heterocycles. The van der Waals surface area contributed by atoms with Crippen LogP contribution in [0.5, 0.6) is 0 Å². The number of fused-ring (bicyclic) bond motifs is 1. The minimum atomic E-state index is 0.0000926. The van der Waals surface area contributed by atoms with E-state index in [2.05, 4.69) is 62.3 Å². The Hall–Kier alpha value is -1.12. The minimum Gasteiger partial charge on any atom is -0.395 e. The summed E-state index contributed by atoms with van der Waals surface area (Å²) in [6, 6.07) is 8.41. The van der Waals surface area contributed by atoms with E-state index in [4.69, 9.17) is 0 Å². The number of aliphatic hydroxyl groups excluding tert-OH is 1. The molecule has 0 radical (unpaired) electrons. The van der Waals surface area contributed by atoms with Crippen LogP contribution in [0.3, 0.4) is 0 Å². The van der Waals surface area contributed by atoms with Crippen LogP contribution in [-0.4, -0.2) is 37.3 Å². The zero-order valence-corrected chi connectivity index (χ0v) is 12.7. The molecule has 0 aliphatic heterocycles. The van der Waals surface area contributed by atoms with E-state index in [9.17, 15) is 5.11 Å². The van der Waals surface area contributed by atoms with Crippen LogP contribution in [0.4, 0.5) is 0 Å². The van der Waals surface area contributed by atoms with E-state index < -0.39 is 0 Å². The topological polar surface area (TPSA) is 23.5 Å². The van der Waals surface area contributed by atoms with Gasteiger partial charge < -0.3 is 10.0 Å². The van der Waals surface area contributed by atoms with Crippen molar-refractivity contribution in [3.8, 4) is 0 Å². The molecule has 0 spiro atoms. The van der Waals surface area contributed by atoms with E-state index in [-0.39, 0.29) is 12.0 Å². The van der Waals surface area contributed by atoms with Gasteiger partial charge in [0, 0.05) is 12.0 Å². The lowest BCUT2D eigenvalue weighted by atomic mass is 9.64. The van der Waals surface area contributed by atoms with Crippen LogP contribution in [0.25, 0.3) is 0 Å². The van der Waals surface area contributed by atoms with Gasteiger partial charge in [-0.1, -0.05) is 43.3 Å². The maximum absolute atomic E-state index is 9.51. The second-order valence-corrected chi connectivity index (χ2v) is 5.49. The molecule has 2 rings (SSSR count). The van der Waals surface area contributed by atoms with E-state index in [1.54, 1.807) is 0 Å². The standard InChI is InChI=1S/C12H17NO.C5H10/c1-13(2)8-12(9-14)7-10-5-3-4-6-11(10)12;1-3-5-4-2/h3-6,14H,7-9H2,1-2H3;3,5H,4H2,1-2H3/b;5-3-. The highest BCUT2D eigenvalue weighted by molar-refractivity contribution is 5.45. The Morgan fingerprint density at radius 1 is 1.32 bits per heavy atom. The molecule has 0 bridgehead atoms.